The zero-order chi connectivity index (χ0) is 19.9. The maximum atomic E-state index is 10.6. The summed E-state index contributed by atoms with van der Waals surface area (Å²) in [6, 6.07) is 14.4. The molecule has 152 valence electrons. The molecule has 28 heavy (non-hydrogen) atoms. The standard InChI is InChI=1S/C24H34N2O2/c1-4-14-26(17-20-10-6-5-7-11-20)21-12-13-22(27)24(28-18-19(2)3)23(21)25-15-8-9-16-25/h5-7,10-13,19,27H,4,8-9,14-18H2,1-3H3. The molecule has 1 heterocycles. The Labute approximate surface area is 169 Å². The first-order valence-electron chi connectivity index (χ1n) is 10.6. The fourth-order valence-corrected chi connectivity index (χ4v) is 3.80. The van der Waals surface area contributed by atoms with Crippen LogP contribution in [0.2, 0.25) is 0 Å². The van der Waals surface area contributed by atoms with Gasteiger partial charge in [0.15, 0.2) is 11.5 Å². The molecule has 2 aromatic carbocycles. The van der Waals surface area contributed by atoms with Gasteiger partial charge in [0, 0.05) is 26.2 Å². The highest BCUT2D eigenvalue weighted by atomic mass is 16.5. The van der Waals surface area contributed by atoms with Crippen LogP contribution in [-0.2, 0) is 6.54 Å². The number of hydrogen-bond donors (Lipinski definition) is 1. The van der Waals surface area contributed by atoms with Gasteiger partial charge in [-0.15, -0.1) is 0 Å². The lowest BCUT2D eigenvalue weighted by Gasteiger charge is -2.32. The molecule has 0 unspecified atom stereocenters. The number of hydrogen-bond acceptors (Lipinski definition) is 4. The van der Waals surface area contributed by atoms with Crippen molar-refractivity contribution in [3.63, 3.8) is 0 Å². The molecular formula is C24H34N2O2. The normalized spacial score (nSPS) is 13.9. The van der Waals surface area contributed by atoms with E-state index in [9.17, 15) is 5.11 Å². The summed E-state index contributed by atoms with van der Waals surface area (Å²) in [6.45, 7) is 10.9. The van der Waals surface area contributed by atoms with Crippen LogP contribution in [0.3, 0.4) is 0 Å². The minimum Gasteiger partial charge on any atom is -0.504 e. The highest BCUT2D eigenvalue weighted by Gasteiger charge is 2.26. The Morgan fingerprint density at radius 1 is 1.07 bits per heavy atom. The minimum absolute atomic E-state index is 0.238. The van der Waals surface area contributed by atoms with E-state index in [1.165, 1.54) is 18.4 Å². The number of phenolic OH excluding ortho intramolecular Hbond substituents is 1. The Hall–Kier alpha value is -2.36. The smallest absolute Gasteiger partial charge is 0.186 e. The van der Waals surface area contributed by atoms with Gasteiger partial charge < -0.3 is 19.6 Å². The number of anilines is 2. The SMILES string of the molecule is CCCN(Cc1ccccc1)c1ccc(O)c(OCC(C)C)c1N1CCCC1. The van der Waals surface area contributed by atoms with Gasteiger partial charge in [-0.25, -0.2) is 0 Å². The van der Waals surface area contributed by atoms with E-state index in [0.717, 1.165) is 44.0 Å². The van der Waals surface area contributed by atoms with Gasteiger partial charge in [0.1, 0.15) is 5.69 Å². The molecule has 0 amide bonds. The number of ether oxygens (including phenoxy) is 1. The zero-order valence-corrected chi connectivity index (χ0v) is 17.5. The van der Waals surface area contributed by atoms with Gasteiger partial charge >= 0.3 is 0 Å². The van der Waals surface area contributed by atoms with Crippen molar-refractivity contribution < 1.29 is 9.84 Å². The lowest BCUT2D eigenvalue weighted by molar-refractivity contribution is 0.260. The number of aromatic hydroxyl groups is 1. The molecule has 1 aliphatic rings. The van der Waals surface area contributed by atoms with E-state index in [0.29, 0.717) is 18.3 Å². The van der Waals surface area contributed by atoms with Crippen LogP contribution in [-0.4, -0.2) is 31.3 Å². The Balaban J connectivity index is 2.02. The molecule has 1 saturated heterocycles. The number of benzene rings is 2. The number of phenols is 1. The molecule has 1 aliphatic heterocycles. The highest BCUT2D eigenvalue weighted by molar-refractivity contribution is 5.81. The number of rotatable bonds is 9. The summed E-state index contributed by atoms with van der Waals surface area (Å²) in [4.78, 5) is 4.81. The van der Waals surface area contributed by atoms with Gasteiger partial charge in [0.05, 0.1) is 12.3 Å². The van der Waals surface area contributed by atoms with E-state index in [2.05, 4.69) is 67.0 Å². The summed E-state index contributed by atoms with van der Waals surface area (Å²) in [7, 11) is 0. The number of nitrogens with zero attached hydrogens (tertiary/aromatic N) is 2. The maximum Gasteiger partial charge on any atom is 0.186 e. The predicted octanol–water partition coefficient (Wildman–Crippen LogP) is 5.44. The van der Waals surface area contributed by atoms with Crippen LogP contribution < -0.4 is 14.5 Å². The average Bonchev–Trinajstić information content (AvgIpc) is 3.21. The quantitative estimate of drug-likeness (QED) is 0.626. The van der Waals surface area contributed by atoms with E-state index in [4.69, 9.17) is 4.74 Å². The second-order valence-electron chi connectivity index (χ2n) is 8.09. The van der Waals surface area contributed by atoms with Gasteiger partial charge in [-0.1, -0.05) is 51.1 Å². The first-order valence-corrected chi connectivity index (χ1v) is 10.6. The molecule has 0 spiro atoms. The first kappa shape index (κ1) is 20.4. The Bertz CT molecular complexity index is 740. The molecule has 4 heteroatoms. The summed E-state index contributed by atoms with van der Waals surface area (Å²) in [5.41, 5.74) is 3.51. The fourth-order valence-electron chi connectivity index (χ4n) is 3.80. The summed E-state index contributed by atoms with van der Waals surface area (Å²) >= 11 is 0. The molecule has 1 fully saturated rings. The van der Waals surface area contributed by atoms with E-state index < -0.39 is 0 Å². The van der Waals surface area contributed by atoms with Crippen LogP contribution in [0.25, 0.3) is 0 Å². The van der Waals surface area contributed by atoms with Crippen LogP contribution >= 0.6 is 0 Å². The van der Waals surface area contributed by atoms with Crippen molar-refractivity contribution >= 4 is 11.4 Å². The van der Waals surface area contributed by atoms with E-state index in [1.807, 2.05) is 0 Å². The fraction of sp³-hybridized carbons (Fsp3) is 0.500. The van der Waals surface area contributed by atoms with Crippen LogP contribution in [0.15, 0.2) is 42.5 Å². The van der Waals surface area contributed by atoms with Crippen molar-refractivity contribution in [2.45, 2.75) is 46.6 Å². The minimum atomic E-state index is 0.238. The lowest BCUT2D eigenvalue weighted by Crippen LogP contribution is -2.28. The lowest BCUT2D eigenvalue weighted by atomic mass is 10.1. The summed E-state index contributed by atoms with van der Waals surface area (Å²) in [6.07, 6.45) is 3.44. The maximum absolute atomic E-state index is 10.6. The summed E-state index contributed by atoms with van der Waals surface area (Å²) in [5.74, 6) is 1.29. The van der Waals surface area contributed by atoms with Crippen molar-refractivity contribution in [3.05, 3.63) is 48.0 Å². The molecule has 0 aliphatic carbocycles. The zero-order valence-electron chi connectivity index (χ0n) is 17.5. The second-order valence-corrected chi connectivity index (χ2v) is 8.09. The summed E-state index contributed by atoms with van der Waals surface area (Å²) < 4.78 is 6.14. The molecular weight excluding hydrogens is 348 g/mol. The molecule has 2 aromatic rings. The van der Waals surface area contributed by atoms with E-state index in [1.54, 1.807) is 6.07 Å². The van der Waals surface area contributed by atoms with Gasteiger partial charge in [-0.05, 0) is 42.9 Å². The second kappa shape index (κ2) is 9.72. The third-order valence-corrected chi connectivity index (χ3v) is 5.12. The average molecular weight is 383 g/mol. The van der Waals surface area contributed by atoms with E-state index in [-0.39, 0.29) is 5.75 Å². The Kier molecular flexibility index (Phi) is 7.07. The molecule has 0 aromatic heterocycles. The topological polar surface area (TPSA) is 35.9 Å². The van der Waals surface area contributed by atoms with Gasteiger partial charge in [-0.3, -0.25) is 0 Å². The molecule has 3 rings (SSSR count). The Morgan fingerprint density at radius 3 is 2.43 bits per heavy atom. The predicted molar refractivity (Wildman–Crippen MR) is 118 cm³/mol. The molecule has 4 nitrogen and oxygen atoms in total. The third-order valence-electron chi connectivity index (χ3n) is 5.12. The van der Waals surface area contributed by atoms with Crippen LogP contribution in [0, 0.1) is 5.92 Å². The Morgan fingerprint density at radius 2 is 1.79 bits per heavy atom. The van der Waals surface area contributed by atoms with Crippen molar-refractivity contribution in [1.29, 1.82) is 0 Å². The van der Waals surface area contributed by atoms with Gasteiger partial charge in [0.25, 0.3) is 0 Å². The molecule has 1 N–H and O–H groups in total. The molecule has 0 atom stereocenters. The van der Waals surface area contributed by atoms with Gasteiger partial charge in [0.2, 0.25) is 0 Å². The van der Waals surface area contributed by atoms with Crippen LogP contribution in [0.5, 0.6) is 11.5 Å². The van der Waals surface area contributed by atoms with Crippen molar-refractivity contribution in [2.24, 2.45) is 5.92 Å². The highest BCUT2D eigenvalue weighted by Crippen LogP contribution is 2.46. The van der Waals surface area contributed by atoms with Crippen molar-refractivity contribution in [2.75, 3.05) is 36.0 Å². The monoisotopic (exact) mass is 382 g/mol. The van der Waals surface area contributed by atoms with Crippen molar-refractivity contribution in [3.8, 4) is 11.5 Å². The van der Waals surface area contributed by atoms with E-state index >= 15 is 0 Å². The third kappa shape index (κ3) is 4.92. The first-order chi connectivity index (χ1) is 13.6. The molecule has 0 radical (unpaired) electrons. The van der Waals surface area contributed by atoms with Gasteiger partial charge in [-0.2, -0.15) is 0 Å². The van der Waals surface area contributed by atoms with Crippen LogP contribution in [0.4, 0.5) is 11.4 Å². The summed E-state index contributed by atoms with van der Waals surface area (Å²) in [5, 5.41) is 10.6. The van der Waals surface area contributed by atoms with Crippen molar-refractivity contribution in [1.82, 2.24) is 0 Å². The van der Waals surface area contributed by atoms with Crippen LogP contribution in [0.1, 0.15) is 45.6 Å². The molecule has 0 bridgehead atoms. The molecule has 0 saturated carbocycles. The largest absolute Gasteiger partial charge is 0.504 e.